The van der Waals surface area contributed by atoms with Gasteiger partial charge in [0.2, 0.25) is 0 Å². The van der Waals surface area contributed by atoms with Gasteiger partial charge in [-0.15, -0.1) is 0 Å². The number of rotatable bonds is 1. The second kappa shape index (κ2) is 3.23. The van der Waals surface area contributed by atoms with Crippen molar-refractivity contribution in [3.8, 4) is 11.3 Å². The van der Waals surface area contributed by atoms with Crippen molar-refractivity contribution in [2.45, 2.75) is 19.4 Å². The minimum Gasteiger partial charge on any atom is -0.464 e. The molecule has 17 heavy (non-hydrogen) atoms. The molecule has 2 aromatic rings. The van der Waals surface area contributed by atoms with Crippen molar-refractivity contribution in [3.05, 3.63) is 47.7 Å². The van der Waals surface area contributed by atoms with Crippen LogP contribution in [0.4, 0.5) is 0 Å². The van der Waals surface area contributed by atoms with Gasteiger partial charge in [0, 0.05) is 11.1 Å². The lowest BCUT2D eigenvalue weighted by molar-refractivity contribution is 0.0940. The first-order valence-electron chi connectivity index (χ1n) is 5.59. The maximum Gasteiger partial charge on any atom is 0.252 e. The van der Waals surface area contributed by atoms with Gasteiger partial charge in [0.15, 0.2) is 0 Å². The molecule has 2 heterocycles. The summed E-state index contributed by atoms with van der Waals surface area (Å²) in [7, 11) is 0. The van der Waals surface area contributed by atoms with Crippen molar-refractivity contribution in [1.29, 1.82) is 0 Å². The van der Waals surface area contributed by atoms with E-state index in [1.807, 2.05) is 44.2 Å². The summed E-state index contributed by atoms with van der Waals surface area (Å²) in [6.07, 6.45) is 1.63. The number of furan rings is 1. The van der Waals surface area contributed by atoms with Gasteiger partial charge in [0.25, 0.3) is 5.91 Å². The molecule has 1 N–H and O–H groups in total. The smallest absolute Gasteiger partial charge is 0.252 e. The van der Waals surface area contributed by atoms with Gasteiger partial charge in [-0.1, -0.05) is 12.1 Å². The van der Waals surface area contributed by atoms with E-state index >= 15 is 0 Å². The van der Waals surface area contributed by atoms with E-state index in [0.29, 0.717) is 0 Å². The number of nitrogens with one attached hydrogen (secondary N) is 1. The zero-order chi connectivity index (χ0) is 12.0. The Balaban J connectivity index is 2.15. The third kappa shape index (κ3) is 1.46. The molecule has 0 spiro atoms. The van der Waals surface area contributed by atoms with E-state index in [-0.39, 0.29) is 11.4 Å². The van der Waals surface area contributed by atoms with Crippen LogP contribution in [0.5, 0.6) is 0 Å². The minimum absolute atomic E-state index is 0.0154. The molecule has 0 aliphatic carbocycles. The number of carbonyl (C=O) groups excluding carboxylic acids is 1. The molecule has 3 rings (SSSR count). The van der Waals surface area contributed by atoms with Gasteiger partial charge in [-0.2, -0.15) is 0 Å². The van der Waals surface area contributed by atoms with Crippen LogP contribution in [-0.4, -0.2) is 5.91 Å². The summed E-state index contributed by atoms with van der Waals surface area (Å²) in [5.41, 5.74) is 2.43. The van der Waals surface area contributed by atoms with E-state index in [1.54, 1.807) is 6.26 Å². The third-order valence-corrected chi connectivity index (χ3v) is 3.17. The Bertz CT molecular complexity index is 582. The van der Waals surface area contributed by atoms with Gasteiger partial charge in [-0.3, -0.25) is 4.79 Å². The van der Waals surface area contributed by atoms with E-state index in [0.717, 1.165) is 22.5 Å². The van der Waals surface area contributed by atoms with Crippen LogP contribution >= 0.6 is 0 Å². The van der Waals surface area contributed by atoms with E-state index in [1.165, 1.54) is 0 Å². The number of benzene rings is 1. The topological polar surface area (TPSA) is 42.2 Å². The molecule has 1 aliphatic heterocycles. The van der Waals surface area contributed by atoms with Crippen LogP contribution in [0.2, 0.25) is 0 Å². The third-order valence-electron chi connectivity index (χ3n) is 3.17. The molecule has 86 valence electrons. The molecule has 1 aromatic heterocycles. The Morgan fingerprint density at radius 2 is 2.06 bits per heavy atom. The SMILES string of the molecule is CC1(C)NC(=O)c2cc(-c3ccco3)ccc21. The fourth-order valence-corrected chi connectivity index (χ4v) is 2.29. The van der Waals surface area contributed by atoms with Crippen molar-refractivity contribution in [2.75, 3.05) is 0 Å². The molecule has 0 unspecified atom stereocenters. The number of hydrogen-bond acceptors (Lipinski definition) is 2. The van der Waals surface area contributed by atoms with E-state index < -0.39 is 0 Å². The second-order valence-corrected chi connectivity index (χ2v) is 4.82. The highest BCUT2D eigenvalue weighted by molar-refractivity contribution is 6.00. The molecule has 3 heteroatoms. The maximum atomic E-state index is 11.9. The highest BCUT2D eigenvalue weighted by Gasteiger charge is 2.34. The zero-order valence-electron chi connectivity index (χ0n) is 9.78. The molecule has 3 nitrogen and oxygen atoms in total. The van der Waals surface area contributed by atoms with E-state index in [4.69, 9.17) is 4.42 Å². The van der Waals surface area contributed by atoms with Crippen LogP contribution < -0.4 is 5.32 Å². The van der Waals surface area contributed by atoms with E-state index in [9.17, 15) is 4.79 Å². The number of hydrogen-bond donors (Lipinski definition) is 1. The fourth-order valence-electron chi connectivity index (χ4n) is 2.29. The summed E-state index contributed by atoms with van der Waals surface area (Å²) in [5.74, 6) is 0.767. The van der Waals surface area contributed by atoms with Gasteiger partial charge in [0.1, 0.15) is 5.76 Å². The van der Waals surface area contributed by atoms with Crippen LogP contribution in [0.1, 0.15) is 29.8 Å². The molecule has 1 aliphatic rings. The monoisotopic (exact) mass is 227 g/mol. The van der Waals surface area contributed by atoms with Gasteiger partial charge in [0.05, 0.1) is 11.8 Å². The zero-order valence-corrected chi connectivity index (χ0v) is 9.78. The standard InChI is InChI=1S/C14H13NO2/c1-14(2)11-6-5-9(12-4-3-7-17-12)8-10(11)13(16)15-14/h3-8H,1-2H3,(H,15,16). The Hall–Kier alpha value is -2.03. The first-order chi connectivity index (χ1) is 8.08. The maximum absolute atomic E-state index is 11.9. The molecule has 1 aromatic carbocycles. The predicted octanol–water partition coefficient (Wildman–Crippen LogP) is 2.93. The lowest BCUT2D eigenvalue weighted by Crippen LogP contribution is -2.32. The number of amides is 1. The number of carbonyl (C=O) groups is 1. The van der Waals surface area contributed by atoms with Crippen molar-refractivity contribution < 1.29 is 9.21 Å². The molecule has 0 saturated heterocycles. The Morgan fingerprint density at radius 3 is 2.76 bits per heavy atom. The Morgan fingerprint density at radius 1 is 1.24 bits per heavy atom. The first-order valence-corrected chi connectivity index (χ1v) is 5.59. The summed E-state index contributed by atoms with van der Waals surface area (Å²) < 4.78 is 5.33. The molecule has 1 amide bonds. The average Bonchev–Trinajstić information content (AvgIpc) is 2.87. The first kappa shape index (κ1) is 10.1. The second-order valence-electron chi connectivity index (χ2n) is 4.82. The molecule has 0 bridgehead atoms. The minimum atomic E-state index is -0.284. The van der Waals surface area contributed by atoms with E-state index in [2.05, 4.69) is 5.32 Å². The van der Waals surface area contributed by atoms with Crippen LogP contribution in [0.15, 0.2) is 41.0 Å². The fraction of sp³-hybridized carbons (Fsp3) is 0.214. The lowest BCUT2D eigenvalue weighted by atomic mass is 9.93. The predicted molar refractivity (Wildman–Crippen MR) is 64.6 cm³/mol. The quantitative estimate of drug-likeness (QED) is 0.813. The highest BCUT2D eigenvalue weighted by Crippen LogP contribution is 2.33. The molecular formula is C14H13NO2. The van der Waals surface area contributed by atoms with Crippen LogP contribution in [0.25, 0.3) is 11.3 Å². The molecule has 0 saturated carbocycles. The van der Waals surface area contributed by atoms with Crippen molar-refractivity contribution in [3.63, 3.8) is 0 Å². The van der Waals surface area contributed by atoms with Crippen molar-refractivity contribution >= 4 is 5.91 Å². The lowest BCUT2D eigenvalue weighted by Gasteiger charge is -2.18. The van der Waals surface area contributed by atoms with Gasteiger partial charge >= 0.3 is 0 Å². The van der Waals surface area contributed by atoms with Crippen molar-refractivity contribution in [1.82, 2.24) is 5.32 Å². The summed E-state index contributed by atoms with van der Waals surface area (Å²) in [6.45, 7) is 4.01. The molecule has 0 atom stereocenters. The Kier molecular flexibility index (Phi) is 1.93. The summed E-state index contributed by atoms with van der Waals surface area (Å²) in [6, 6.07) is 9.59. The molecule has 0 fully saturated rings. The average molecular weight is 227 g/mol. The van der Waals surface area contributed by atoms with Crippen LogP contribution in [-0.2, 0) is 5.54 Å². The summed E-state index contributed by atoms with van der Waals surface area (Å²) in [4.78, 5) is 11.9. The Labute approximate surface area is 99.4 Å². The molecule has 0 radical (unpaired) electrons. The van der Waals surface area contributed by atoms with Gasteiger partial charge in [-0.05, 0) is 37.6 Å². The van der Waals surface area contributed by atoms with Crippen LogP contribution in [0.3, 0.4) is 0 Å². The molecular weight excluding hydrogens is 214 g/mol. The largest absolute Gasteiger partial charge is 0.464 e. The summed E-state index contributed by atoms with van der Waals surface area (Å²) in [5, 5.41) is 2.96. The highest BCUT2D eigenvalue weighted by atomic mass is 16.3. The van der Waals surface area contributed by atoms with Gasteiger partial charge in [-0.25, -0.2) is 0 Å². The van der Waals surface area contributed by atoms with Gasteiger partial charge < -0.3 is 9.73 Å². The normalized spacial score (nSPS) is 16.7. The van der Waals surface area contributed by atoms with Crippen LogP contribution in [0, 0.1) is 0 Å². The summed E-state index contributed by atoms with van der Waals surface area (Å²) >= 11 is 0. The van der Waals surface area contributed by atoms with Crippen molar-refractivity contribution in [2.24, 2.45) is 0 Å². The number of fused-ring (bicyclic) bond motifs is 1.